The molecule has 0 aliphatic carbocycles. The fraction of sp³-hybridized carbons (Fsp3) is 0.400. The summed E-state index contributed by atoms with van der Waals surface area (Å²) in [6, 6.07) is 8.67. The number of benzene rings is 1. The molecule has 1 N–H and O–H groups in total. The molecule has 0 radical (unpaired) electrons. The number of hydrogen-bond acceptors (Lipinski definition) is 3. The van der Waals surface area contributed by atoms with Crippen LogP contribution in [0.4, 0.5) is 8.78 Å². The van der Waals surface area contributed by atoms with Gasteiger partial charge in [-0.25, -0.2) is 17.8 Å². The van der Waals surface area contributed by atoms with Gasteiger partial charge in [0.15, 0.2) is 0 Å². The molecule has 1 aromatic heterocycles. The predicted molar refractivity (Wildman–Crippen MR) is 82.7 cm³/mol. The molecule has 126 valence electrons. The van der Waals surface area contributed by atoms with Gasteiger partial charge in [0.05, 0.1) is 11.4 Å². The van der Waals surface area contributed by atoms with Crippen molar-refractivity contribution in [1.82, 2.24) is 14.5 Å². The van der Waals surface area contributed by atoms with E-state index in [2.05, 4.69) is 9.82 Å². The van der Waals surface area contributed by atoms with Crippen LogP contribution in [0.15, 0.2) is 35.2 Å². The van der Waals surface area contributed by atoms with Gasteiger partial charge in [-0.15, -0.1) is 0 Å². The first-order valence-corrected chi connectivity index (χ1v) is 8.67. The summed E-state index contributed by atoms with van der Waals surface area (Å²) in [6.07, 6.45) is 0.532. The minimum Gasteiger partial charge on any atom is -0.207 e. The van der Waals surface area contributed by atoms with E-state index in [1.807, 2.05) is 37.3 Å². The number of aromatic nitrogens is 2. The molecule has 23 heavy (non-hydrogen) atoms. The zero-order valence-corrected chi connectivity index (χ0v) is 13.9. The molecule has 1 heterocycles. The second-order valence-electron chi connectivity index (χ2n) is 5.21. The van der Waals surface area contributed by atoms with E-state index in [-0.39, 0.29) is 16.3 Å². The Balaban J connectivity index is 2.39. The number of aryl methyl sites for hydroxylation is 1. The highest BCUT2D eigenvalue weighted by Gasteiger charge is 2.29. The number of sulfonamides is 1. The predicted octanol–water partition coefficient (Wildman–Crippen LogP) is 3.32. The van der Waals surface area contributed by atoms with Gasteiger partial charge in [-0.3, -0.25) is 0 Å². The summed E-state index contributed by atoms with van der Waals surface area (Å²) in [5.74, 6) is 0. The third-order valence-corrected chi connectivity index (χ3v) is 5.34. The molecule has 1 aromatic carbocycles. The molecule has 0 unspecified atom stereocenters. The van der Waals surface area contributed by atoms with Crippen LogP contribution in [0.25, 0.3) is 0 Å². The summed E-state index contributed by atoms with van der Waals surface area (Å²) in [5, 5.41) is 3.63. The van der Waals surface area contributed by atoms with E-state index in [0.29, 0.717) is 11.1 Å². The molecule has 2 rings (SSSR count). The fourth-order valence-electron chi connectivity index (χ4n) is 2.55. The lowest BCUT2D eigenvalue weighted by Crippen LogP contribution is -2.29. The van der Waals surface area contributed by atoms with Crippen LogP contribution < -0.4 is 4.72 Å². The van der Waals surface area contributed by atoms with Crippen LogP contribution in [0, 0.1) is 13.8 Å². The van der Waals surface area contributed by atoms with Crippen molar-refractivity contribution in [3.8, 4) is 0 Å². The Morgan fingerprint density at radius 3 is 2.30 bits per heavy atom. The molecule has 0 saturated heterocycles. The maximum absolute atomic E-state index is 12.9. The quantitative estimate of drug-likeness (QED) is 0.875. The highest BCUT2D eigenvalue weighted by molar-refractivity contribution is 7.89. The number of hydrogen-bond donors (Lipinski definition) is 1. The van der Waals surface area contributed by atoms with Crippen LogP contribution in [0.2, 0.25) is 0 Å². The fourth-order valence-corrected chi connectivity index (χ4v) is 4.25. The number of nitrogens with one attached hydrogen (secondary N) is 1. The molecule has 0 saturated carbocycles. The number of nitrogens with zero attached hydrogens (tertiary/aromatic N) is 2. The molecule has 0 spiro atoms. The summed E-state index contributed by atoms with van der Waals surface area (Å²) < 4.78 is 54.1. The first-order valence-electron chi connectivity index (χ1n) is 7.19. The monoisotopic (exact) mass is 343 g/mol. The van der Waals surface area contributed by atoms with Crippen molar-refractivity contribution in [3.05, 3.63) is 47.3 Å². The van der Waals surface area contributed by atoms with E-state index in [9.17, 15) is 17.2 Å². The van der Waals surface area contributed by atoms with Crippen LogP contribution in [0.5, 0.6) is 0 Å². The Morgan fingerprint density at radius 2 is 1.83 bits per heavy atom. The van der Waals surface area contributed by atoms with E-state index < -0.39 is 22.6 Å². The van der Waals surface area contributed by atoms with Crippen molar-refractivity contribution in [1.29, 1.82) is 0 Å². The SMILES string of the molecule is CC[C@@H](NS(=O)(=O)c1c(C)nn(C(F)F)c1C)c1ccccc1. The van der Waals surface area contributed by atoms with Crippen molar-refractivity contribution < 1.29 is 17.2 Å². The van der Waals surface area contributed by atoms with Crippen molar-refractivity contribution >= 4 is 10.0 Å². The third-order valence-electron chi connectivity index (χ3n) is 3.62. The molecule has 0 aliphatic rings. The zero-order chi connectivity index (χ0) is 17.2. The molecule has 0 aliphatic heterocycles. The van der Waals surface area contributed by atoms with Gasteiger partial charge in [-0.05, 0) is 25.8 Å². The summed E-state index contributed by atoms with van der Waals surface area (Å²) in [4.78, 5) is -0.188. The topological polar surface area (TPSA) is 64.0 Å². The molecular formula is C15H19F2N3O2S. The first-order chi connectivity index (χ1) is 10.8. The standard InChI is InChI=1S/C15H19F2N3O2S/c1-4-13(12-8-6-5-7-9-12)19-23(21,22)14-10(2)18-20(11(14)3)15(16)17/h5-9,13,15,19H,4H2,1-3H3/t13-/m1/s1. The average molecular weight is 343 g/mol. The summed E-state index contributed by atoms with van der Waals surface area (Å²) in [7, 11) is -3.96. The van der Waals surface area contributed by atoms with Crippen LogP contribution in [-0.4, -0.2) is 18.2 Å². The Labute approximate surface area is 134 Å². The highest BCUT2D eigenvalue weighted by atomic mass is 32.2. The van der Waals surface area contributed by atoms with Crippen molar-refractivity contribution in [2.24, 2.45) is 0 Å². The molecule has 2 aromatic rings. The number of rotatable bonds is 6. The first kappa shape index (κ1) is 17.6. The number of halogens is 2. The third kappa shape index (κ3) is 3.59. The largest absolute Gasteiger partial charge is 0.333 e. The molecule has 0 fully saturated rings. The molecular weight excluding hydrogens is 324 g/mol. The van der Waals surface area contributed by atoms with Gasteiger partial charge in [0.25, 0.3) is 0 Å². The van der Waals surface area contributed by atoms with Crippen molar-refractivity contribution in [3.63, 3.8) is 0 Å². The van der Waals surface area contributed by atoms with Gasteiger partial charge < -0.3 is 0 Å². The molecule has 1 atom stereocenters. The molecule has 0 bridgehead atoms. The minimum atomic E-state index is -3.96. The average Bonchev–Trinajstić information content (AvgIpc) is 2.81. The van der Waals surface area contributed by atoms with Crippen LogP contribution in [0.3, 0.4) is 0 Å². The Kier molecular flexibility index (Phi) is 5.16. The molecule has 8 heteroatoms. The molecule has 5 nitrogen and oxygen atoms in total. The van der Waals surface area contributed by atoms with Gasteiger partial charge in [0, 0.05) is 6.04 Å². The highest BCUT2D eigenvalue weighted by Crippen LogP contribution is 2.26. The van der Waals surface area contributed by atoms with Gasteiger partial charge in [-0.1, -0.05) is 37.3 Å². The smallest absolute Gasteiger partial charge is 0.207 e. The minimum absolute atomic E-state index is 0.0539. The van der Waals surface area contributed by atoms with Crippen LogP contribution in [0.1, 0.15) is 42.9 Å². The van der Waals surface area contributed by atoms with Gasteiger partial charge in [0.2, 0.25) is 10.0 Å². The molecule has 0 amide bonds. The Hall–Kier alpha value is -1.80. The van der Waals surface area contributed by atoms with E-state index in [0.717, 1.165) is 5.56 Å². The van der Waals surface area contributed by atoms with Crippen molar-refractivity contribution in [2.45, 2.75) is 44.7 Å². The Bertz CT molecular complexity index is 774. The summed E-state index contributed by atoms with van der Waals surface area (Å²) in [6.45, 7) is 1.70. The zero-order valence-electron chi connectivity index (χ0n) is 13.1. The van der Waals surface area contributed by atoms with Crippen LogP contribution >= 0.6 is 0 Å². The normalized spacial score (nSPS) is 13.5. The van der Waals surface area contributed by atoms with E-state index in [1.165, 1.54) is 13.8 Å². The van der Waals surface area contributed by atoms with E-state index in [1.54, 1.807) is 0 Å². The lowest BCUT2D eigenvalue weighted by molar-refractivity contribution is 0.0538. The van der Waals surface area contributed by atoms with Gasteiger partial charge in [-0.2, -0.15) is 13.9 Å². The second kappa shape index (κ2) is 6.76. The maximum Gasteiger partial charge on any atom is 0.333 e. The van der Waals surface area contributed by atoms with E-state index >= 15 is 0 Å². The maximum atomic E-state index is 12.9. The van der Waals surface area contributed by atoms with Crippen molar-refractivity contribution in [2.75, 3.05) is 0 Å². The van der Waals surface area contributed by atoms with Gasteiger partial charge >= 0.3 is 6.55 Å². The van der Waals surface area contributed by atoms with Crippen LogP contribution in [-0.2, 0) is 10.0 Å². The number of alkyl halides is 2. The second-order valence-corrected chi connectivity index (χ2v) is 6.87. The Morgan fingerprint density at radius 1 is 1.22 bits per heavy atom. The lowest BCUT2D eigenvalue weighted by atomic mass is 10.1. The summed E-state index contributed by atoms with van der Waals surface area (Å²) >= 11 is 0. The van der Waals surface area contributed by atoms with E-state index in [4.69, 9.17) is 0 Å². The lowest BCUT2D eigenvalue weighted by Gasteiger charge is -2.17. The summed E-state index contributed by atoms with van der Waals surface area (Å²) in [5.41, 5.74) is 0.793. The van der Waals surface area contributed by atoms with Gasteiger partial charge in [0.1, 0.15) is 4.90 Å².